The summed E-state index contributed by atoms with van der Waals surface area (Å²) < 4.78 is 0. The summed E-state index contributed by atoms with van der Waals surface area (Å²) in [6.07, 6.45) is 34.1. The third kappa shape index (κ3) is 5.49. The quantitative estimate of drug-likeness (QED) is 0.248. The molecule has 10 rings (SSSR count). The van der Waals surface area contributed by atoms with E-state index in [0.717, 1.165) is 54.3 Å². The molecule has 3 nitrogen and oxygen atoms in total. The maximum Gasteiger partial charge on any atom is 0.163 e. The molecule has 270 valence electrons. The lowest BCUT2D eigenvalue weighted by Crippen LogP contribution is -2.29. The summed E-state index contributed by atoms with van der Waals surface area (Å²) in [6.45, 7) is 9.77. The number of hydrogen-bond donors (Lipinski definition) is 0. The first-order valence-corrected chi connectivity index (χ1v) is 20.4. The molecule has 0 N–H and O–H groups in total. The van der Waals surface area contributed by atoms with E-state index in [0.29, 0.717) is 23.7 Å². The Morgan fingerprint density at radius 2 is 1.41 bits per heavy atom. The highest BCUT2D eigenvalue weighted by atomic mass is 15.0. The summed E-state index contributed by atoms with van der Waals surface area (Å²) in [7, 11) is 0. The molecule has 0 saturated heterocycles. The van der Waals surface area contributed by atoms with Crippen LogP contribution in [0.5, 0.6) is 0 Å². The number of benzene rings is 2. The van der Waals surface area contributed by atoms with Crippen molar-refractivity contribution in [3.8, 4) is 11.4 Å². The van der Waals surface area contributed by atoms with Gasteiger partial charge in [0.1, 0.15) is 5.82 Å². The minimum absolute atomic E-state index is 0.102. The fourth-order valence-electron chi connectivity index (χ4n) is 11.1. The summed E-state index contributed by atoms with van der Waals surface area (Å²) >= 11 is 0. The monoisotopic (exact) mass is 705 g/mol. The first-order valence-electron chi connectivity index (χ1n) is 20.4. The molecule has 0 bridgehead atoms. The van der Waals surface area contributed by atoms with Crippen LogP contribution >= 0.6 is 0 Å². The van der Waals surface area contributed by atoms with Crippen molar-refractivity contribution in [3.05, 3.63) is 178 Å². The molecule has 1 aromatic heterocycles. The van der Waals surface area contributed by atoms with Crippen LogP contribution in [-0.2, 0) is 5.41 Å². The molecule has 3 heteroatoms. The summed E-state index contributed by atoms with van der Waals surface area (Å²) in [5.41, 5.74) is 14.7. The number of nitrogens with zero attached hydrogens (tertiary/aromatic N) is 3. The zero-order valence-electron chi connectivity index (χ0n) is 32.2. The fraction of sp³-hybridized carbons (Fsp3) is 0.353. The lowest BCUT2D eigenvalue weighted by Gasteiger charge is -2.37. The average molecular weight is 706 g/mol. The molecule has 0 spiro atoms. The van der Waals surface area contributed by atoms with E-state index < -0.39 is 0 Å². The molecule has 0 saturated carbocycles. The standard InChI is InChI=1S/C51H51N3/c1-50(2)43-16-10-8-14-39(43)41-28-26-37(30-45(41)50)32-18-22-35(23-19-32)48-52-47(34-12-6-5-7-13-34)53-49(54-48)36-24-20-33(21-25-36)38-27-29-42-40-15-9-11-17-44(40)51(3,4)46(42)31-38/h5-8,10-14,16-18,20-24,26-27,31-32,36,41-42,45H,9,15,19,25,28-30H2,1-4H3. The van der Waals surface area contributed by atoms with E-state index in [1.165, 1.54) is 30.4 Å². The SMILES string of the molecule is CC1(C)C2=CC(C3=CCC(c4nc(C5=CCC(C6=CCC7c8ccccc8C(C)(C)C7C6)C=C5)nc(-c5ccccc5)n4)C=C3)=CCC2C2=C1C=CCC2. The van der Waals surface area contributed by atoms with Gasteiger partial charge in [0, 0.05) is 34.3 Å². The number of allylic oxidation sites excluding steroid dienone is 18. The van der Waals surface area contributed by atoms with Crippen LogP contribution in [0.1, 0.15) is 107 Å². The molecule has 3 aromatic rings. The zero-order chi connectivity index (χ0) is 36.6. The molecule has 0 radical (unpaired) electrons. The van der Waals surface area contributed by atoms with Gasteiger partial charge in [-0.25, -0.2) is 15.0 Å². The van der Waals surface area contributed by atoms with Crippen LogP contribution in [0.4, 0.5) is 0 Å². The molecular formula is C51H51N3. The number of aromatic nitrogens is 3. The molecule has 0 fully saturated rings. The molecule has 54 heavy (non-hydrogen) atoms. The molecule has 0 aliphatic heterocycles. The molecule has 2 aromatic carbocycles. The predicted octanol–water partition coefficient (Wildman–Crippen LogP) is 12.4. The van der Waals surface area contributed by atoms with E-state index in [1.54, 1.807) is 33.4 Å². The van der Waals surface area contributed by atoms with Crippen LogP contribution in [-0.4, -0.2) is 15.0 Å². The highest BCUT2D eigenvalue weighted by Crippen LogP contribution is 2.58. The van der Waals surface area contributed by atoms with Crippen molar-refractivity contribution in [1.29, 1.82) is 0 Å². The van der Waals surface area contributed by atoms with Gasteiger partial charge in [0.25, 0.3) is 0 Å². The van der Waals surface area contributed by atoms with Gasteiger partial charge in [0.05, 0.1) is 0 Å². The number of rotatable bonds is 5. The van der Waals surface area contributed by atoms with Gasteiger partial charge in [-0.05, 0) is 90.0 Å². The van der Waals surface area contributed by atoms with E-state index in [2.05, 4.69) is 149 Å². The van der Waals surface area contributed by atoms with E-state index in [1.807, 2.05) is 0 Å². The number of hydrogen-bond acceptors (Lipinski definition) is 3. The van der Waals surface area contributed by atoms with Gasteiger partial charge >= 0.3 is 0 Å². The van der Waals surface area contributed by atoms with Crippen LogP contribution in [0, 0.1) is 23.2 Å². The third-order valence-corrected chi connectivity index (χ3v) is 14.1. The van der Waals surface area contributed by atoms with Gasteiger partial charge in [-0.15, -0.1) is 0 Å². The molecule has 1 heterocycles. The van der Waals surface area contributed by atoms with Gasteiger partial charge in [0.15, 0.2) is 11.6 Å². The van der Waals surface area contributed by atoms with Crippen LogP contribution in [0.2, 0.25) is 0 Å². The lowest BCUT2D eigenvalue weighted by molar-refractivity contribution is 0.283. The maximum absolute atomic E-state index is 5.20. The van der Waals surface area contributed by atoms with Crippen molar-refractivity contribution in [2.75, 3.05) is 0 Å². The zero-order valence-corrected chi connectivity index (χ0v) is 32.2. The molecular weight excluding hydrogens is 655 g/mol. The van der Waals surface area contributed by atoms with Crippen LogP contribution in [0.15, 0.2) is 155 Å². The topological polar surface area (TPSA) is 38.7 Å². The summed E-state index contributed by atoms with van der Waals surface area (Å²) in [5, 5.41) is 0. The Morgan fingerprint density at radius 3 is 2.22 bits per heavy atom. The second-order valence-electron chi connectivity index (χ2n) is 17.7. The van der Waals surface area contributed by atoms with Crippen molar-refractivity contribution < 1.29 is 0 Å². The maximum atomic E-state index is 5.20. The Morgan fingerprint density at radius 1 is 0.667 bits per heavy atom. The van der Waals surface area contributed by atoms with Gasteiger partial charge < -0.3 is 0 Å². The van der Waals surface area contributed by atoms with E-state index in [9.17, 15) is 0 Å². The van der Waals surface area contributed by atoms with E-state index in [4.69, 9.17) is 15.0 Å². The first-order chi connectivity index (χ1) is 26.3. The Kier molecular flexibility index (Phi) is 8.02. The van der Waals surface area contributed by atoms with Crippen molar-refractivity contribution >= 4 is 5.57 Å². The fourth-order valence-corrected chi connectivity index (χ4v) is 11.1. The second-order valence-corrected chi connectivity index (χ2v) is 17.7. The largest absolute Gasteiger partial charge is 0.212 e. The smallest absolute Gasteiger partial charge is 0.163 e. The molecule has 5 atom stereocenters. The van der Waals surface area contributed by atoms with Gasteiger partial charge in [-0.1, -0.05) is 166 Å². The third-order valence-electron chi connectivity index (χ3n) is 14.1. The van der Waals surface area contributed by atoms with Gasteiger partial charge in [-0.3, -0.25) is 0 Å². The average Bonchev–Trinajstić information content (AvgIpc) is 3.60. The van der Waals surface area contributed by atoms with Crippen LogP contribution in [0.25, 0.3) is 17.0 Å². The van der Waals surface area contributed by atoms with Crippen molar-refractivity contribution in [2.45, 2.75) is 89.9 Å². The first kappa shape index (κ1) is 33.7. The summed E-state index contributed by atoms with van der Waals surface area (Å²) in [4.78, 5) is 15.4. The molecule has 0 amide bonds. The highest BCUT2D eigenvalue weighted by Gasteiger charge is 2.47. The Labute approximate surface area is 321 Å². The van der Waals surface area contributed by atoms with Crippen LogP contribution < -0.4 is 0 Å². The molecule has 7 aliphatic carbocycles. The summed E-state index contributed by atoms with van der Waals surface area (Å²) in [6, 6.07) is 19.6. The van der Waals surface area contributed by atoms with Gasteiger partial charge in [0.2, 0.25) is 0 Å². The van der Waals surface area contributed by atoms with E-state index in [-0.39, 0.29) is 16.7 Å². The Balaban J connectivity index is 0.886. The molecule has 7 aliphatic rings. The van der Waals surface area contributed by atoms with Crippen molar-refractivity contribution in [2.24, 2.45) is 23.2 Å². The minimum Gasteiger partial charge on any atom is -0.212 e. The van der Waals surface area contributed by atoms with Crippen molar-refractivity contribution in [3.63, 3.8) is 0 Å². The Hall–Kier alpha value is -4.89. The van der Waals surface area contributed by atoms with Gasteiger partial charge in [-0.2, -0.15) is 0 Å². The van der Waals surface area contributed by atoms with Crippen molar-refractivity contribution in [1.82, 2.24) is 15.0 Å². The van der Waals surface area contributed by atoms with Crippen LogP contribution in [0.3, 0.4) is 0 Å². The highest BCUT2D eigenvalue weighted by molar-refractivity contribution is 5.72. The molecule has 5 unspecified atom stereocenters. The predicted molar refractivity (Wildman–Crippen MR) is 222 cm³/mol. The number of fused-ring (bicyclic) bond motifs is 5. The Bertz CT molecular complexity index is 2330. The minimum atomic E-state index is 0.102. The normalized spacial score (nSPS) is 28.6. The summed E-state index contributed by atoms with van der Waals surface area (Å²) in [5.74, 6) is 4.78. The second kappa shape index (κ2) is 12.9. The van der Waals surface area contributed by atoms with E-state index >= 15 is 0 Å². The lowest BCUT2D eigenvalue weighted by atomic mass is 9.67.